The first-order valence-corrected chi connectivity index (χ1v) is 7.03. The average molecular weight is 255 g/mol. The van der Waals surface area contributed by atoms with Crippen LogP contribution in [0, 0.1) is 5.92 Å². The lowest BCUT2D eigenvalue weighted by atomic mass is 10.1. The van der Waals surface area contributed by atoms with Crippen LogP contribution in [0.3, 0.4) is 0 Å². The summed E-state index contributed by atoms with van der Waals surface area (Å²) in [4.78, 5) is 8.29. The van der Waals surface area contributed by atoms with Gasteiger partial charge in [-0.15, -0.1) is 11.3 Å². The van der Waals surface area contributed by atoms with Crippen LogP contribution in [0.1, 0.15) is 24.4 Å². The number of ether oxygens (including phenoxy) is 1. The van der Waals surface area contributed by atoms with E-state index in [9.17, 15) is 0 Å². The molecule has 2 rings (SSSR count). The van der Waals surface area contributed by atoms with Crippen molar-refractivity contribution in [2.24, 2.45) is 11.7 Å². The zero-order valence-corrected chi connectivity index (χ0v) is 11.4. The first-order chi connectivity index (χ1) is 8.20. The Kier molecular flexibility index (Phi) is 4.36. The van der Waals surface area contributed by atoms with Gasteiger partial charge in [-0.25, -0.2) is 4.98 Å². The molecule has 0 amide bonds. The summed E-state index contributed by atoms with van der Waals surface area (Å²) >= 11 is 1.74. The molecule has 1 aliphatic rings. The van der Waals surface area contributed by atoms with E-state index in [1.54, 1.807) is 11.3 Å². The lowest BCUT2D eigenvalue weighted by molar-refractivity contribution is 0.122. The fourth-order valence-electron chi connectivity index (χ4n) is 1.97. The van der Waals surface area contributed by atoms with Gasteiger partial charge in [0, 0.05) is 24.5 Å². The summed E-state index contributed by atoms with van der Waals surface area (Å²) < 4.78 is 5.36. The molecule has 1 aromatic heterocycles. The largest absolute Gasteiger partial charge is 0.378 e. The Hall–Kier alpha value is -0.650. The Labute approximate surface area is 107 Å². The SMILES string of the molecule is CC(C)Cc1nc(N2CCOCC2)sc1CN. The molecule has 5 heteroatoms. The molecule has 0 aliphatic carbocycles. The highest BCUT2D eigenvalue weighted by Gasteiger charge is 2.18. The third kappa shape index (κ3) is 3.18. The number of nitrogens with zero attached hydrogens (tertiary/aromatic N) is 2. The van der Waals surface area contributed by atoms with E-state index in [4.69, 9.17) is 15.5 Å². The number of anilines is 1. The lowest BCUT2D eigenvalue weighted by Crippen LogP contribution is -2.36. The maximum atomic E-state index is 5.80. The smallest absolute Gasteiger partial charge is 0.185 e. The van der Waals surface area contributed by atoms with E-state index in [0.717, 1.165) is 37.9 Å². The fraction of sp³-hybridized carbons (Fsp3) is 0.750. The van der Waals surface area contributed by atoms with Crippen LogP contribution in [-0.4, -0.2) is 31.3 Å². The van der Waals surface area contributed by atoms with E-state index in [2.05, 4.69) is 18.7 Å². The van der Waals surface area contributed by atoms with Crippen LogP contribution in [0.4, 0.5) is 5.13 Å². The van der Waals surface area contributed by atoms with Gasteiger partial charge in [0.2, 0.25) is 0 Å². The third-order valence-corrected chi connectivity index (χ3v) is 4.02. The number of thiazole rings is 1. The van der Waals surface area contributed by atoms with E-state index < -0.39 is 0 Å². The number of rotatable bonds is 4. The van der Waals surface area contributed by atoms with Gasteiger partial charge < -0.3 is 15.4 Å². The average Bonchev–Trinajstić information content (AvgIpc) is 2.72. The maximum absolute atomic E-state index is 5.80. The van der Waals surface area contributed by atoms with Crippen LogP contribution >= 0.6 is 11.3 Å². The molecule has 0 saturated carbocycles. The second-order valence-electron chi connectivity index (χ2n) is 4.77. The Bertz CT molecular complexity index is 359. The van der Waals surface area contributed by atoms with Gasteiger partial charge in [-0.1, -0.05) is 13.8 Å². The number of hydrogen-bond acceptors (Lipinski definition) is 5. The standard InChI is InChI=1S/C12H21N3OS/c1-9(2)7-10-11(8-13)17-12(14-10)15-3-5-16-6-4-15/h9H,3-8,13H2,1-2H3. The minimum atomic E-state index is 0.601. The molecule has 0 radical (unpaired) electrons. The van der Waals surface area contributed by atoms with Gasteiger partial charge in [-0.05, 0) is 12.3 Å². The second kappa shape index (κ2) is 5.80. The number of nitrogens with two attached hydrogens (primary N) is 1. The molecule has 1 fully saturated rings. The van der Waals surface area contributed by atoms with Gasteiger partial charge in [-0.3, -0.25) is 0 Å². The number of aromatic nitrogens is 1. The fourth-order valence-corrected chi connectivity index (χ4v) is 2.98. The van der Waals surface area contributed by atoms with Crippen LogP contribution in [0.2, 0.25) is 0 Å². The molecule has 2 heterocycles. The summed E-state index contributed by atoms with van der Waals surface area (Å²) in [5.74, 6) is 0.625. The first kappa shape index (κ1) is 12.8. The van der Waals surface area contributed by atoms with Crippen LogP contribution in [0.5, 0.6) is 0 Å². The van der Waals surface area contributed by atoms with Gasteiger partial charge in [0.1, 0.15) is 0 Å². The van der Waals surface area contributed by atoms with E-state index in [1.165, 1.54) is 10.6 Å². The van der Waals surface area contributed by atoms with Crippen LogP contribution in [0.15, 0.2) is 0 Å². The lowest BCUT2D eigenvalue weighted by Gasteiger charge is -2.26. The van der Waals surface area contributed by atoms with Gasteiger partial charge in [0.05, 0.1) is 18.9 Å². The van der Waals surface area contributed by atoms with E-state index in [1.807, 2.05) is 0 Å². The van der Waals surface area contributed by atoms with Gasteiger partial charge >= 0.3 is 0 Å². The summed E-state index contributed by atoms with van der Waals surface area (Å²) in [5.41, 5.74) is 6.99. The van der Waals surface area contributed by atoms with Crippen molar-refractivity contribution >= 4 is 16.5 Å². The topological polar surface area (TPSA) is 51.4 Å². The van der Waals surface area contributed by atoms with Crippen molar-refractivity contribution < 1.29 is 4.74 Å². The van der Waals surface area contributed by atoms with Crippen molar-refractivity contribution in [2.45, 2.75) is 26.8 Å². The Morgan fingerprint density at radius 2 is 2.12 bits per heavy atom. The van der Waals surface area contributed by atoms with E-state index in [0.29, 0.717) is 12.5 Å². The molecule has 0 spiro atoms. The van der Waals surface area contributed by atoms with Crippen LogP contribution < -0.4 is 10.6 Å². The Morgan fingerprint density at radius 3 is 2.71 bits per heavy atom. The van der Waals surface area contributed by atoms with E-state index in [-0.39, 0.29) is 0 Å². The summed E-state index contributed by atoms with van der Waals surface area (Å²) in [6.07, 6.45) is 1.02. The highest BCUT2D eigenvalue weighted by molar-refractivity contribution is 7.15. The third-order valence-electron chi connectivity index (χ3n) is 2.84. The van der Waals surface area contributed by atoms with Crippen molar-refractivity contribution in [3.8, 4) is 0 Å². The normalized spacial score (nSPS) is 16.8. The Balaban J connectivity index is 2.14. The molecule has 1 aliphatic heterocycles. The molecule has 0 aromatic carbocycles. The van der Waals surface area contributed by atoms with Gasteiger partial charge in [0.25, 0.3) is 0 Å². The number of hydrogen-bond donors (Lipinski definition) is 1. The summed E-state index contributed by atoms with van der Waals surface area (Å²) in [6, 6.07) is 0. The van der Waals surface area contributed by atoms with Gasteiger partial charge in [0.15, 0.2) is 5.13 Å². The molecule has 0 atom stereocenters. The van der Waals surface area contributed by atoms with Crippen molar-refractivity contribution in [2.75, 3.05) is 31.2 Å². The summed E-state index contributed by atoms with van der Waals surface area (Å²) in [7, 11) is 0. The monoisotopic (exact) mass is 255 g/mol. The van der Waals surface area contributed by atoms with Crippen molar-refractivity contribution in [1.29, 1.82) is 0 Å². The van der Waals surface area contributed by atoms with Crippen LogP contribution in [-0.2, 0) is 17.7 Å². The zero-order valence-electron chi connectivity index (χ0n) is 10.6. The zero-order chi connectivity index (χ0) is 12.3. The van der Waals surface area contributed by atoms with Crippen molar-refractivity contribution in [1.82, 2.24) is 4.98 Å². The first-order valence-electron chi connectivity index (χ1n) is 6.22. The quantitative estimate of drug-likeness (QED) is 0.888. The van der Waals surface area contributed by atoms with Crippen molar-refractivity contribution in [3.05, 3.63) is 10.6 Å². The Morgan fingerprint density at radius 1 is 1.41 bits per heavy atom. The molecular weight excluding hydrogens is 234 g/mol. The minimum absolute atomic E-state index is 0.601. The predicted molar refractivity (Wildman–Crippen MR) is 71.6 cm³/mol. The van der Waals surface area contributed by atoms with E-state index >= 15 is 0 Å². The van der Waals surface area contributed by atoms with Gasteiger partial charge in [-0.2, -0.15) is 0 Å². The second-order valence-corrected chi connectivity index (χ2v) is 5.83. The molecule has 0 unspecified atom stereocenters. The molecule has 2 N–H and O–H groups in total. The highest BCUT2D eigenvalue weighted by atomic mass is 32.1. The predicted octanol–water partition coefficient (Wildman–Crippen LogP) is 1.64. The molecule has 1 aromatic rings. The summed E-state index contributed by atoms with van der Waals surface area (Å²) in [5, 5.41) is 1.12. The van der Waals surface area contributed by atoms with Crippen LogP contribution in [0.25, 0.3) is 0 Å². The molecule has 4 nitrogen and oxygen atoms in total. The molecule has 17 heavy (non-hydrogen) atoms. The molecule has 1 saturated heterocycles. The maximum Gasteiger partial charge on any atom is 0.185 e. The highest BCUT2D eigenvalue weighted by Crippen LogP contribution is 2.28. The minimum Gasteiger partial charge on any atom is -0.378 e. The molecular formula is C12H21N3OS. The summed E-state index contributed by atoms with van der Waals surface area (Å²) in [6.45, 7) is 8.53. The van der Waals surface area contributed by atoms with Crippen molar-refractivity contribution in [3.63, 3.8) is 0 Å². The molecule has 0 bridgehead atoms. The molecule has 96 valence electrons. The number of morpholine rings is 1.